The average Bonchev–Trinajstić information content (AvgIpc) is 2.73. The Balaban J connectivity index is 1.81. The molecule has 0 saturated heterocycles. The molecule has 28 heavy (non-hydrogen) atoms. The van der Waals surface area contributed by atoms with Gasteiger partial charge in [0.2, 0.25) is 5.95 Å². The molecule has 0 atom stereocenters. The average molecular weight is 383 g/mol. The number of rotatable bonds is 8. The minimum Gasteiger partial charge on any atom is -0.497 e. The molecule has 9 heteroatoms. The molecule has 9 nitrogen and oxygen atoms in total. The number of aromatic nitrogens is 3. The summed E-state index contributed by atoms with van der Waals surface area (Å²) in [5.74, 6) is 3.36. The van der Waals surface area contributed by atoms with Crippen molar-refractivity contribution in [3.8, 4) is 23.0 Å². The second-order valence-electron chi connectivity index (χ2n) is 5.55. The van der Waals surface area contributed by atoms with Crippen molar-refractivity contribution in [1.29, 1.82) is 0 Å². The third-order valence-corrected chi connectivity index (χ3v) is 3.87. The SMILES string of the molecule is COc1ccc(OC)c(Nc2nncc(Nc3ccc(OC)c(OC)c3)n2)c1. The van der Waals surface area contributed by atoms with Crippen molar-refractivity contribution >= 4 is 23.1 Å². The van der Waals surface area contributed by atoms with Crippen LogP contribution in [-0.2, 0) is 0 Å². The minimum atomic E-state index is 0.303. The molecule has 3 aromatic rings. The van der Waals surface area contributed by atoms with Gasteiger partial charge in [0.1, 0.15) is 11.5 Å². The first-order chi connectivity index (χ1) is 13.7. The molecular formula is C19H21N5O4. The summed E-state index contributed by atoms with van der Waals surface area (Å²) in [5.41, 5.74) is 1.43. The second-order valence-corrected chi connectivity index (χ2v) is 5.55. The lowest BCUT2D eigenvalue weighted by Crippen LogP contribution is -2.04. The predicted octanol–water partition coefficient (Wildman–Crippen LogP) is 3.39. The highest BCUT2D eigenvalue weighted by atomic mass is 16.5. The molecule has 0 fully saturated rings. The van der Waals surface area contributed by atoms with E-state index in [1.807, 2.05) is 6.07 Å². The summed E-state index contributed by atoms with van der Waals surface area (Å²) in [7, 11) is 6.35. The number of hydrogen-bond donors (Lipinski definition) is 2. The first-order valence-electron chi connectivity index (χ1n) is 8.34. The maximum atomic E-state index is 5.35. The quantitative estimate of drug-likeness (QED) is 0.606. The van der Waals surface area contributed by atoms with Gasteiger partial charge in [-0.05, 0) is 24.3 Å². The summed E-state index contributed by atoms with van der Waals surface area (Å²) < 4.78 is 21.2. The smallest absolute Gasteiger partial charge is 0.249 e. The van der Waals surface area contributed by atoms with Crippen LogP contribution >= 0.6 is 0 Å². The fourth-order valence-electron chi connectivity index (χ4n) is 2.51. The number of nitrogens with one attached hydrogen (secondary N) is 2. The molecule has 2 aromatic carbocycles. The Morgan fingerprint density at radius 3 is 2.21 bits per heavy atom. The summed E-state index contributed by atoms with van der Waals surface area (Å²) in [6.07, 6.45) is 1.52. The molecule has 0 amide bonds. The van der Waals surface area contributed by atoms with Gasteiger partial charge in [-0.2, -0.15) is 10.1 Å². The zero-order valence-electron chi connectivity index (χ0n) is 16.0. The van der Waals surface area contributed by atoms with Crippen molar-refractivity contribution in [2.24, 2.45) is 0 Å². The van der Waals surface area contributed by atoms with E-state index in [1.165, 1.54) is 6.20 Å². The molecule has 0 bridgehead atoms. The van der Waals surface area contributed by atoms with Crippen LogP contribution < -0.4 is 29.6 Å². The number of nitrogens with zero attached hydrogens (tertiary/aromatic N) is 3. The lowest BCUT2D eigenvalue weighted by Gasteiger charge is -2.13. The van der Waals surface area contributed by atoms with Gasteiger partial charge >= 0.3 is 0 Å². The van der Waals surface area contributed by atoms with Crippen LogP contribution in [-0.4, -0.2) is 43.6 Å². The van der Waals surface area contributed by atoms with Gasteiger partial charge < -0.3 is 29.6 Å². The molecule has 1 aromatic heterocycles. The Hall–Kier alpha value is -3.75. The van der Waals surface area contributed by atoms with E-state index in [0.29, 0.717) is 40.5 Å². The minimum absolute atomic E-state index is 0.303. The number of hydrogen-bond acceptors (Lipinski definition) is 9. The Morgan fingerprint density at radius 2 is 1.50 bits per heavy atom. The molecule has 3 rings (SSSR count). The van der Waals surface area contributed by atoms with E-state index in [2.05, 4.69) is 25.8 Å². The molecule has 0 aliphatic heterocycles. The molecule has 0 aliphatic rings. The van der Waals surface area contributed by atoms with Crippen LogP contribution in [0.2, 0.25) is 0 Å². The Labute approximate surface area is 162 Å². The van der Waals surface area contributed by atoms with Crippen LogP contribution in [0.25, 0.3) is 0 Å². The van der Waals surface area contributed by atoms with E-state index in [4.69, 9.17) is 18.9 Å². The van der Waals surface area contributed by atoms with Crippen LogP contribution in [0.5, 0.6) is 23.0 Å². The molecule has 0 aliphatic carbocycles. The van der Waals surface area contributed by atoms with E-state index in [-0.39, 0.29) is 0 Å². The van der Waals surface area contributed by atoms with E-state index in [0.717, 1.165) is 5.69 Å². The summed E-state index contributed by atoms with van der Waals surface area (Å²) in [6, 6.07) is 10.8. The highest BCUT2D eigenvalue weighted by Gasteiger charge is 2.09. The van der Waals surface area contributed by atoms with Crippen LogP contribution in [0.3, 0.4) is 0 Å². The van der Waals surface area contributed by atoms with E-state index in [9.17, 15) is 0 Å². The summed E-state index contributed by atoms with van der Waals surface area (Å²) >= 11 is 0. The van der Waals surface area contributed by atoms with Gasteiger partial charge in [0, 0.05) is 17.8 Å². The highest BCUT2D eigenvalue weighted by Crippen LogP contribution is 2.32. The van der Waals surface area contributed by atoms with Crippen molar-refractivity contribution in [2.75, 3.05) is 39.1 Å². The van der Waals surface area contributed by atoms with Gasteiger partial charge in [-0.3, -0.25) is 0 Å². The van der Waals surface area contributed by atoms with Crippen molar-refractivity contribution in [3.05, 3.63) is 42.6 Å². The molecule has 0 unspecified atom stereocenters. The van der Waals surface area contributed by atoms with Crippen LogP contribution in [0.4, 0.5) is 23.1 Å². The van der Waals surface area contributed by atoms with Gasteiger partial charge in [-0.1, -0.05) is 0 Å². The molecule has 146 valence electrons. The first-order valence-corrected chi connectivity index (χ1v) is 8.34. The molecule has 1 heterocycles. The second kappa shape index (κ2) is 8.76. The first kappa shape index (κ1) is 19.0. The number of anilines is 4. The third-order valence-electron chi connectivity index (χ3n) is 3.87. The molecule has 2 N–H and O–H groups in total. The van der Waals surface area contributed by atoms with Crippen molar-refractivity contribution in [1.82, 2.24) is 15.2 Å². The summed E-state index contributed by atoms with van der Waals surface area (Å²) in [5, 5.41) is 14.3. The standard InChI is InChI=1S/C19H21N5O4/c1-25-13-6-8-15(26-2)14(10-13)22-19-23-18(11-20-24-19)21-12-5-7-16(27-3)17(9-12)28-4/h5-11H,1-4H3,(H2,21,22,23,24). The predicted molar refractivity (Wildman–Crippen MR) is 105 cm³/mol. The van der Waals surface area contributed by atoms with E-state index < -0.39 is 0 Å². The zero-order valence-corrected chi connectivity index (χ0v) is 16.0. The Bertz CT molecular complexity index is 951. The van der Waals surface area contributed by atoms with Crippen LogP contribution in [0.15, 0.2) is 42.6 Å². The molecule has 0 saturated carbocycles. The lowest BCUT2D eigenvalue weighted by atomic mass is 10.2. The van der Waals surface area contributed by atoms with Gasteiger partial charge in [0.25, 0.3) is 0 Å². The topological polar surface area (TPSA) is 99.7 Å². The maximum Gasteiger partial charge on any atom is 0.249 e. The largest absolute Gasteiger partial charge is 0.497 e. The Kier molecular flexibility index (Phi) is 5.95. The fraction of sp³-hybridized carbons (Fsp3) is 0.211. The molecular weight excluding hydrogens is 362 g/mol. The van der Waals surface area contributed by atoms with Gasteiger partial charge in [-0.15, -0.1) is 5.10 Å². The third kappa shape index (κ3) is 4.32. The van der Waals surface area contributed by atoms with Crippen molar-refractivity contribution < 1.29 is 18.9 Å². The van der Waals surface area contributed by atoms with Crippen LogP contribution in [0.1, 0.15) is 0 Å². The van der Waals surface area contributed by atoms with Crippen molar-refractivity contribution in [2.45, 2.75) is 0 Å². The normalized spacial score (nSPS) is 10.1. The van der Waals surface area contributed by atoms with Gasteiger partial charge in [-0.25, -0.2) is 0 Å². The number of methoxy groups -OCH3 is 4. The number of benzene rings is 2. The number of ether oxygens (including phenoxy) is 4. The van der Waals surface area contributed by atoms with Gasteiger partial charge in [0.05, 0.1) is 40.3 Å². The van der Waals surface area contributed by atoms with E-state index >= 15 is 0 Å². The molecule has 0 radical (unpaired) electrons. The zero-order chi connectivity index (χ0) is 19.9. The lowest BCUT2D eigenvalue weighted by molar-refractivity contribution is 0.355. The van der Waals surface area contributed by atoms with E-state index in [1.54, 1.807) is 58.8 Å². The Morgan fingerprint density at radius 1 is 0.750 bits per heavy atom. The van der Waals surface area contributed by atoms with Crippen molar-refractivity contribution in [3.63, 3.8) is 0 Å². The van der Waals surface area contributed by atoms with Crippen LogP contribution in [0, 0.1) is 0 Å². The molecule has 0 spiro atoms. The highest BCUT2D eigenvalue weighted by molar-refractivity contribution is 5.66. The van der Waals surface area contributed by atoms with Gasteiger partial charge in [0.15, 0.2) is 17.3 Å². The fourth-order valence-corrected chi connectivity index (χ4v) is 2.51. The monoisotopic (exact) mass is 383 g/mol. The summed E-state index contributed by atoms with van der Waals surface area (Å²) in [6.45, 7) is 0. The maximum absolute atomic E-state index is 5.35. The summed E-state index contributed by atoms with van der Waals surface area (Å²) in [4.78, 5) is 4.43.